The zero-order valence-corrected chi connectivity index (χ0v) is 9.82. The summed E-state index contributed by atoms with van der Waals surface area (Å²) >= 11 is 0. The number of rotatable bonds is 3. The van der Waals surface area contributed by atoms with Crippen LogP contribution >= 0.6 is 0 Å². The fourth-order valence-corrected chi connectivity index (χ4v) is 2.59. The van der Waals surface area contributed by atoms with E-state index in [4.69, 9.17) is 0 Å². The Hall–Kier alpha value is -0.820. The average molecular weight is 203 g/mol. The second kappa shape index (κ2) is 4.80. The first-order valence-corrected chi connectivity index (χ1v) is 6.07. The van der Waals surface area contributed by atoms with Gasteiger partial charge in [0.05, 0.1) is 0 Å². The Kier molecular flexibility index (Phi) is 3.42. The molecule has 1 aliphatic heterocycles. The Bertz CT molecular complexity index is 283. The standard InChI is InChI=1S/C14H21N/c1-12-8-9-13(2)15(12)11-10-14-6-4-3-5-7-14/h3-7,12-13H,8-11H2,1-2H3/t12-,13-/m1/s1. The third kappa shape index (κ3) is 2.60. The Labute approximate surface area is 93.1 Å². The molecule has 1 aromatic carbocycles. The Morgan fingerprint density at radius 1 is 1.07 bits per heavy atom. The summed E-state index contributed by atoms with van der Waals surface area (Å²) in [5.74, 6) is 0. The van der Waals surface area contributed by atoms with Crippen molar-refractivity contribution in [1.82, 2.24) is 4.90 Å². The molecule has 1 heterocycles. The third-order valence-electron chi connectivity index (χ3n) is 3.64. The molecule has 0 radical (unpaired) electrons. The maximum Gasteiger partial charge on any atom is 0.00704 e. The van der Waals surface area contributed by atoms with E-state index in [0.717, 1.165) is 12.1 Å². The van der Waals surface area contributed by atoms with Gasteiger partial charge in [-0.2, -0.15) is 0 Å². The Morgan fingerprint density at radius 3 is 2.27 bits per heavy atom. The molecule has 0 spiro atoms. The van der Waals surface area contributed by atoms with Gasteiger partial charge < -0.3 is 0 Å². The van der Waals surface area contributed by atoms with Crippen LogP contribution in [0.15, 0.2) is 30.3 Å². The normalized spacial score (nSPS) is 27.1. The second-order valence-corrected chi connectivity index (χ2v) is 4.75. The van der Waals surface area contributed by atoms with Crippen molar-refractivity contribution in [2.24, 2.45) is 0 Å². The van der Waals surface area contributed by atoms with Gasteiger partial charge in [0.15, 0.2) is 0 Å². The van der Waals surface area contributed by atoms with Crippen molar-refractivity contribution in [2.75, 3.05) is 6.54 Å². The molecule has 0 amide bonds. The minimum atomic E-state index is 0.781. The summed E-state index contributed by atoms with van der Waals surface area (Å²) in [6, 6.07) is 12.4. The van der Waals surface area contributed by atoms with Crippen molar-refractivity contribution in [3.63, 3.8) is 0 Å². The summed E-state index contributed by atoms with van der Waals surface area (Å²) in [4.78, 5) is 2.65. The molecule has 0 saturated carbocycles. The van der Waals surface area contributed by atoms with Crippen molar-refractivity contribution in [1.29, 1.82) is 0 Å². The van der Waals surface area contributed by atoms with E-state index in [1.54, 1.807) is 0 Å². The SMILES string of the molecule is C[C@@H]1CC[C@@H](C)N1CCc1ccccc1. The molecule has 0 aliphatic carbocycles. The van der Waals surface area contributed by atoms with Gasteiger partial charge in [-0.1, -0.05) is 30.3 Å². The molecule has 1 heteroatoms. The lowest BCUT2D eigenvalue weighted by Gasteiger charge is -2.25. The molecule has 0 N–H and O–H groups in total. The van der Waals surface area contributed by atoms with Crippen LogP contribution in [-0.4, -0.2) is 23.5 Å². The minimum absolute atomic E-state index is 0.781. The maximum absolute atomic E-state index is 2.65. The van der Waals surface area contributed by atoms with Gasteiger partial charge >= 0.3 is 0 Å². The van der Waals surface area contributed by atoms with Crippen molar-refractivity contribution < 1.29 is 0 Å². The zero-order valence-electron chi connectivity index (χ0n) is 9.82. The highest BCUT2D eigenvalue weighted by molar-refractivity contribution is 5.15. The van der Waals surface area contributed by atoms with E-state index >= 15 is 0 Å². The van der Waals surface area contributed by atoms with Crippen LogP contribution in [0.1, 0.15) is 32.3 Å². The van der Waals surface area contributed by atoms with Crippen LogP contribution in [0.2, 0.25) is 0 Å². The minimum Gasteiger partial charge on any atom is -0.298 e. The van der Waals surface area contributed by atoms with E-state index in [1.807, 2.05) is 0 Å². The molecular formula is C14H21N. The first kappa shape index (κ1) is 10.7. The first-order valence-electron chi connectivity index (χ1n) is 6.07. The van der Waals surface area contributed by atoms with Crippen molar-refractivity contribution in [3.8, 4) is 0 Å². The molecule has 2 rings (SSSR count). The Morgan fingerprint density at radius 2 is 1.67 bits per heavy atom. The van der Waals surface area contributed by atoms with E-state index < -0.39 is 0 Å². The summed E-state index contributed by atoms with van der Waals surface area (Å²) in [6.07, 6.45) is 3.93. The number of likely N-dealkylation sites (tertiary alicyclic amines) is 1. The van der Waals surface area contributed by atoms with Gasteiger partial charge in [0.25, 0.3) is 0 Å². The fraction of sp³-hybridized carbons (Fsp3) is 0.571. The van der Waals surface area contributed by atoms with Crippen molar-refractivity contribution in [3.05, 3.63) is 35.9 Å². The fourth-order valence-electron chi connectivity index (χ4n) is 2.59. The third-order valence-corrected chi connectivity index (χ3v) is 3.64. The number of benzene rings is 1. The smallest absolute Gasteiger partial charge is 0.00704 e. The number of hydrogen-bond acceptors (Lipinski definition) is 1. The van der Waals surface area contributed by atoms with Gasteiger partial charge in [-0.05, 0) is 38.7 Å². The molecular weight excluding hydrogens is 182 g/mol. The molecule has 0 unspecified atom stereocenters. The molecule has 82 valence electrons. The maximum atomic E-state index is 2.65. The van der Waals surface area contributed by atoms with Crippen molar-refractivity contribution >= 4 is 0 Å². The molecule has 1 nitrogen and oxygen atoms in total. The van der Waals surface area contributed by atoms with Crippen LogP contribution in [0.4, 0.5) is 0 Å². The molecule has 1 aliphatic rings. The van der Waals surface area contributed by atoms with E-state index in [-0.39, 0.29) is 0 Å². The quantitative estimate of drug-likeness (QED) is 0.729. The van der Waals surface area contributed by atoms with Crippen LogP contribution in [0.25, 0.3) is 0 Å². The van der Waals surface area contributed by atoms with E-state index in [2.05, 4.69) is 49.1 Å². The average Bonchev–Trinajstić information content (AvgIpc) is 2.58. The first-order chi connectivity index (χ1) is 7.27. The highest BCUT2D eigenvalue weighted by Gasteiger charge is 2.26. The molecule has 1 aromatic rings. The Balaban J connectivity index is 1.88. The molecule has 2 atom stereocenters. The monoisotopic (exact) mass is 203 g/mol. The van der Waals surface area contributed by atoms with Gasteiger partial charge in [-0.3, -0.25) is 4.90 Å². The van der Waals surface area contributed by atoms with Gasteiger partial charge in [-0.25, -0.2) is 0 Å². The highest BCUT2D eigenvalue weighted by atomic mass is 15.2. The number of nitrogens with zero attached hydrogens (tertiary/aromatic N) is 1. The summed E-state index contributed by atoms with van der Waals surface area (Å²) in [7, 11) is 0. The van der Waals surface area contributed by atoms with Crippen LogP contribution in [0.3, 0.4) is 0 Å². The lowest BCUT2D eigenvalue weighted by molar-refractivity contribution is 0.217. The van der Waals surface area contributed by atoms with Gasteiger partial charge in [0.1, 0.15) is 0 Å². The van der Waals surface area contributed by atoms with Crippen LogP contribution < -0.4 is 0 Å². The lowest BCUT2D eigenvalue weighted by atomic mass is 10.1. The predicted molar refractivity (Wildman–Crippen MR) is 65.0 cm³/mol. The van der Waals surface area contributed by atoms with Gasteiger partial charge in [0, 0.05) is 18.6 Å². The van der Waals surface area contributed by atoms with Crippen LogP contribution in [-0.2, 0) is 6.42 Å². The van der Waals surface area contributed by atoms with Crippen molar-refractivity contribution in [2.45, 2.75) is 45.2 Å². The highest BCUT2D eigenvalue weighted by Crippen LogP contribution is 2.23. The summed E-state index contributed by atoms with van der Waals surface area (Å²) in [6.45, 7) is 5.93. The topological polar surface area (TPSA) is 3.24 Å². The molecule has 0 aromatic heterocycles. The molecule has 1 saturated heterocycles. The summed E-state index contributed by atoms with van der Waals surface area (Å²) in [5, 5.41) is 0. The second-order valence-electron chi connectivity index (χ2n) is 4.75. The van der Waals surface area contributed by atoms with Crippen LogP contribution in [0.5, 0.6) is 0 Å². The number of hydrogen-bond donors (Lipinski definition) is 0. The van der Waals surface area contributed by atoms with E-state index in [0.29, 0.717) is 0 Å². The lowest BCUT2D eigenvalue weighted by Crippen LogP contribution is -2.34. The zero-order chi connectivity index (χ0) is 10.7. The van der Waals surface area contributed by atoms with E-state index in [9.17, 15) is 0 Å². The van der Waals surface area contributed by atoms with Gasteiger partial charge in [-0.15, -0.1) is 0 Å². The summed E-state index contributed by atoms with van der Waals surface area (Å²) in [5.41, 5.74) is 1.46. The molecule has 0 bridgehead atoms. The summed E-state index contributed by atoms with van der Waals surface area (Å²) < 4.78 is 0. The van der Waals surface area contributed by atoms with Gasteiger partial charge in [0.2, 0.25) is 0 Å². The van der Waals surface area contributed by atoms with Crippen LogP contribution in [0, 0.1) is 0 Å². The largest absolute Gasteiger partial charge is 0.298 e. The predicted octanol–water partition coefficient (Wildman–Crippen LogP) is 3.10. The molecule has 1 fully saturated rings. The van der Waals surface area contributed by atoms with E-state index in [1.165, 1.54) is 31.4 Å². The molecule has 15 heavy (non-hydrogen) atoms.